The molecule has 0 aliphatic carbocycles. The summed E-state index contributed by atoms with van der Waals surface area (Å²) in [6.45, 7) is 4.46. The van der Waals surface area contributed by atoms with E-state index < -0.39 is 0 Å². The van der Waals surface area contributed by atoms with E-state index in [-0.39, 0.29) is 24.7 Å². The monoisotopic (exact) mass is 310 g/mol. The Hall–Kier alpha value is -2.62. The van der Waals surface area contributed by atoms with Crippen molar-refractivity contribution in [2.24, 2.45) is 0 Å². The van der Waals surface area contributed by atoms with Gasteiger partial charge in [0.05, 0.1) is 0 Å². The summed E-state index contributed by atoms with van der Waals surface area (Å²) < 4.78 is 0. The lowest BCUT2D eigenvalue weighted by Gasteiger charge is -2.10. The third kappa shape index (κ3) is 5.25. The normalized spacial score (nSPS) is 10.2. The van der Waals surface area contributed by atoms with Gasteiger partial charge in [0.25, 0.3) is 0 Å². The molecule has 0 bridgehead atoms. The van der Waals surface area contributed by atoms with Gasteiger partial charge in [-0.1, -0.05) is 42.5 Å². The molecule has 23 heavy (non-hydrogen) atoms. The Balaban J connectivity index is 1.75. The van der Waals surface area contributed by atoms with E-state index in [0.29, 0.717) is 6.54 Å². The van der Waals surface area contributed by atoms with Crippen LogP contribution >= 0.6 is 0 Å². The highest BCUT2D eigenvalue weighted by Crippen LogP contribution is 2.18. The molecule has 2 aromatic carbocycles. The minimum Gasteiger partial charge on any atom is -0.352 e. The van der Waals surface area contributed by atoms with Crippen molar-refractivity contribution in [1.29, 1.82) is 0 Å². The van der Waals surface area contributed by atoms with Gasteiger partial charge < -0.3 is 10.6 Å². The summed E-state index contributed by atoms with van der Waals surface area (Å²) in [5, 5.41) is 5.68. The van der Waals surface area contributed by atoms with E-state index in [1.54, 1.807) is 0 Å². The van der Waals surface area contributed by atoms with Crippen LogP contribution in [-0.4, -0.2) is 11.8 Å². The summed E-state index contributed by atoms with van der Waals surface area (Å²) in [7, 11) is 0. The van der Waals surface area contributed by atoms with Gasteiger partial charge in [0.15, 0.2) is 0 Å². The molecule has 2 aromatic rings. The van der Waals surface area contributed by atoms with Crippen LogP contribution in [0.1, 0.15) is 29.5 Å². The fourth-order valence-corrected chi connectivity index (χ4v) is 2.21. The van der Waals surface area contributed by atoms with Crippen LogP contribution in [0.2, 0.25) is 0 Å². The van der Waals surface area contributed by atoms with Crippen molar-refractivity contribution in [3.8, 4) is 0 Å². The maximum Gasteiger partial charge on any atom is 0.224 e. The highest BCUT2D eigenvalue weighted by atomic mass is 16.2. The Labute approximate surface area is 136 Å². The number of rotatable bonds is 6. The molecule has 0 aliphatic heterocycles. The van der Waals surface area contributed by atoms with Crippen LogP contribution < -0.4 is 10.6 Å². The first-order valence-electron chi connectivity index (χ1n) is 7.73. The van der Waals surface area contributed by atoms with E-state index >= 15 is 0 Å². The Morgan fingerprint density at radius 2 is 1.57 bits per heavy atom. The lowest BCUT2D eigenvalue weighted by molar-refractivity contribution is -0.124. The van der Waals surface area contributed by atoms with E-state index in [9.17, 15) is 9.59 Å². The van der Waals surface area contributed by atoms with Crippen LogP contribution in [0.5, 0.6) is 0 Å². The molecule has 4 heteroatoms. The van der Waals surface area contributed by atoms with Crippen LogP contribution in [0.25, 0.3) is 0 Å². The molecule has 0 saturated heterocycles. The lowest BCUT2D eigenvalue weighted by atomic mass is 10.1. The average Bonchev–Trinajstić information content (AvgIpc) is 2.56. The zero-order valence-corrected chi connectivity index (χ0v) is 13.6. The number of hydrogen-bond acceptors (Lipinski definition) is 2. The van der Waals surface area contributed by atoms with Crippen molar-refractivity contribution in [2.75, 3.05) is 5.32 Å². The first kappa shape index (κ1) is 16.7. The number of hydrogen-bond donors (Lipinski definition) is 2. The quantitative estimate of drug-likeness (QED) is 0.859. The zero-order valence-electron chi connectivity index (χ0n) is 13.6. The van der Waals surface area contributed by atoms with Crippen LogP contribution in [0.15, 0.2) is 48.5 Å². The van der Waals surface area contributed by atoms with Gasteiger partial charge in [0.2, 0.25) is 11.8 Å². The van der Waals surface area contributed by atoms with Crippen LogP contribution in [0.3, 0.4) is 0 Å². The Morgan fingerprint density at radius 1 is 0.870 bits per heavy atom. The van der Waals surface area contributed by atoms with Crippen LogP contribution in [0, 0.1) is 13.8 Å². The molecule has 0 atom stereocenters. The Bertz CT molecular complexity index is 681. The number of carbonyl (C=O) groups is 2. The van der Waals surface area contributed by atoms with Crippen molar-refractivity contribution in [3.63, 3.8) is 0 Å². The van der Waals surface area contributed by atoms with Gasteiger partial charge in [-0.2, -0.15) is 0 Å². The van der Waals surface area contributed by atoms with Gasteiger partial charge in [-0.05, 0) is 36.6 Å². The second-order valence-electron chi connectivity index (χ2n) is 5.56. The van der Waals surface area contributed by atoms with Crippen LogP contribution in [-0.2, 0) is 16.1 Å². The second-order valence-corrected chi connectivity index (χ2v) is 5.56. The number of aryl methyl sites for hydroxylation is 1. The maximum atomic E-state index is 12.0. The molecule has 0 aromatic heterocycles. The molecule has 0 aliphatic rings. The molecule has 2 N–H and O–H groups in total. The SMILES string of the molecule is Cc1cccc(NC(=O)CCC(=O)NCc2ccccc2)c1C. The average molecular weight is 310 g/mol. The molecule has 0 radical (unpaired) electrons. The third-order valence-electron chi connectivity index (χ3n) is 3.79. The number of nitrogens with one attached hydrogen (secondary N) is 2. The summed E-state index contributed by atoms with van der Waals surface area (Å²) in [6.07, 6.45) is 0.359. The zero-order chi connectivity index (χ0) is 16.7. The molecular weight excluding hydrogens is 288 g/mol. The predicted octanol–water partition coefficient (Wildman–Crippen LogP) is 3.34. The second kappa shape index (κ2) is 8.13. The highest BCUT2D eigenvalue weighted by molar-refractivity contribution is 5.93. The summed E-state index contributed by atoms with van der Waals surface area (Å²) >= 11 is 0. The summed E-state index contributed by atoms with van der Waals surface area (Å²) in [5.74, 6) is -0.265. The topological polar surface area (TPSA) is 58.2 Å². The summed E-state index contributed by atoms with van der Waals surface area (Å²) in [6, 6.07) is 15.5. The molecule has 0 unspecified atom stereocenters. The van der Waals surface area contributed by atoms with Crippen molar-refractivity contribution in [1.82, 2.24) is 5.32 Å². The first-order valence-corrected chi connectivity index (χ1v) is 7.73. The number of amides is 2. The number of benzene rings is 2. The largest absolute Gasteiger partial charge is 0.352 e. The molecule has 2 amide bonds. The van der Waals surface area contributed by atoms with Gasteiger partial charge in [-0.25, -0.2) is 0 Å². The van der Waals surface area contributed by atoms with E-state index in [2.05, 4.69) is 10.6 Å². The molecule has 2 rings (SSSR count). The minimum atomic E-state index is -0.145. The third-order valence-corrected chi connectivity index (χ3v) is 3.79. The number of anilines is 1. The van der Waals surface area contributed by atoms with Gasteiger partial charge in [0, 0.05) is 25.1 Å². The van der Waals surface area contributed by atoms with Crippen molar-refractivity contribution >= 4 is 17.5 Å². The Morgan fingerprint density at radius 3 is 2.30 bits per heavy atom. The van der Waals surface area contributed by atoms with Crippen molar-refractivity contribution in [2.45, 2.75) is 33.2 Å². The van der Waals surface area contributed by atoms with E-state index in [4.69, 9.17) is 0 Å². The minimum absolute atomic E-state index is 0.120. The van der Waals surface area contributed by atoms with E-state index in [0.717, 1.165) is 22.4 Å². The molecule has 0 heterocycles. The molecule has 4 nitrogen and oxygen atoms in total. The van der Waals surface area contributed by atoms with Gasteiger partial charge >= 0.3 is 0 Å². The smallest absolute Gasteiger partial charge is 0.224 e. The van der Waals surface area contributed by atoms with Crippen LogP contribution in [0.4, 0.5) is 5.69 Å². The highest BCUT2D eigenvalue weighted by Gasteiger charge is 2.09. The van der Waals surface area contributed by atoms with E-state index in [1.165, 1.54) is 0 Å². The van der Waals surface area contributed by atoms with Crippen molar-refractivity contribution < 1.29 is 9.59 Å². The Kier molecular flexibility index (Phi) is 5.92. The standard InChI is InChI=1S/C19H22N2O2/c1-14-7-6-10-17(15(14)2)21-19(23)12-11-18(22)20-13-16-8-4-3-5-9-16/h3-10H,11-13H2,1-2H3,(H,20,22)(H,21,23). The fourth-order valence-electron chi connectivity index (χ4n) is 2.21. The van der Waals surface area contributed by atoms with Gasteiger partial charge in [-0.3, -0.25) is 9.59 Å². The lowest BCUT2D eigenvalue weighted by Crippen LogP contribution is -2.24. The van der Waals surface area contributed by atoms with Gasteiger partial charge in [0.1, 0.15) is 0 Å². The predicted molar refractivity (Wildman–Crippen MR) is 92.1 cm³/mol. The molecule has 120 valence electrons. The molecule has 0 saturated carbocycles. The summed E-state index contributed by atoms with van der Waals surface area (Å²) in [5.41, 5.74) is 4.03. The van der Waals surface area contributed by atoms with Gasteiger partial charge in [-0.15, -0.1) is 0 Å². The molecule has 0 spiro atoms. The first-order chi connectivity index (χ1) is 11.1. The molecule has 0 fully saturated rings. The van der Waals surface area contributed by atoms with Crippen molar-refractivity contribution in [3.05, 3.63) is 65.2 Å². The van der Waals surface area contributed by atoms with E-state index in [1.807, 2.05) is 62.4 Å². The summed E-state index contributed by atoms with van der Waals surface area (Å²) in [4.78, 5) is 23.8. The number of carbonyl (C=O) groups excluding carboxylic acids is 2. The maximum absolute atomic E-state index is 12.0. The fraction of sp³-hybridized carbons (Fsp3) is 0.263. The molecular formula is C19H22N2O2.